The molecule has 0 fully saturated rings. The van der Waals surface area contributed by atoms with Crippen molar-refractivity contribution in [2.45, 2.75) is 373 Å². The minimum Gasteiger partial charge on any atom is -0.463 e. The van der Waals surface area contributed by atoms with Crippen LogP contribution in [-0.2, 0) is 55.8 Å². The normalized spacial score (nSPS) is 14.6. The summed E-state index contributed by atoms with van der Waals surface area (Å²) in [6, 6.07) is 0. The average molecular weight is 1540 g/mol. The van der Waals surface area contributed by atoms with Gasteiger partial charge in [-0.05, 0) is 116 Å². The van der Waals surface area contributed by atoms with Gasteiger partial charge in [0.05, 0.1) is 26.4 Å². The summed E-state index contributed by atoms with van der Waals surface area (Å²) in [6.07, 6.45) is 99.3. The number of unbranched alkanes of at least 4 members (excludes halogenated alkanes) is 35. The van der Waals surface area contributed by atoms with E-state index in [1.807, 2.05) is 0 Å². The lowest BCUT2D eigenvalue weighted by Gasteiger charge is -2.21. The Balaban J connectivity index is 4.46. The second kappa shape index (κ2) is 81.2. The Hall–Kier alpha value is -4.31. The van der Waals surface area contributed by atoms with Gasteiger partial charge in [0, 0.05) is 19.3 Å². The standard InChI is InChI=1S/C89H154O16P2/c1-4-7-10-13-16-19-22-25-27-29-31-33-35-37-39-40-41-42-44-46-47-49-51-53-55-58-60-63-66-69-72-75-87(92)99-78-84(90)79-101-106(95,96)102-80-85(91)81-103-107(97,98)104-83-86(105-89(94)77-74-71-68-65-62-57-24-21-18-15-12-9-6-3)82-100-88(93)76-73-70-67-64-61-59-56-54-52-50-48-45-43-38-36-34-32-30-28-26-23-20-17-14-11-8-5-2/h7-8,10-11,16-17,19-20,25-28,31-34,37-39,43,48,50,84-86,90-91H,4-6,9,12-15,18,21-24,29-30,35-36,40-42,44-47,49,51-83H2,1-3H3,(H,95,96)(H,97,98)/b10-7-,11-8-,19-16-,20-17-,27-25-,28-26-,33-31-,34-32-,39-37-,43-38-,50-48-. The Morgan fingerprint density at radius 3 is 0.785 bits per heavy atom. The maximum atomic E-state index is 13.0. The van der Waals surface area contributed by atoms with Crippen molar-refractivity contribution in [2.75, 3.05) is 39.6 Å². The molecule has 0 aromatic rings. The van der Waals surface area contributed by atoms with Crippen molar-refractivity contribution < 1.29 is 75.8 Å². The number of rotatable bonds is 80. The molecule has 0 heterocycles. The van der Waals surface area contributed by atoms with Crippen LogP contribution in [0.4, 0.5) is 0 Å². The van der Waals surface area contributed by atoms with Crippen molar-refractivity contribution in [3.8, 4) is 0 Å². The Bertz CT molecular complexity index is 2480. The smallest absolute Gasteiger partial charge is 0.463 e. The minimum atomic E-state index is -4.93. The van der Waals surface area contributed by atoms with E-state index in [9.17, 15) is 43.5 Å². The summed E-state index contributed by atoms with van der Waals surface area (Å²) in [6.45, 7) is 2.48. The lowest BCUT2D eigenvalue weighted by atomic mass is 10.0. The molecule has 0 aliphatic rings. The van der Waals surface area contributed by atoms with Gasteiger partial charge < -0.3 is 34.2 Å². The maximum Gasteiger partial charge on any atom is 0.472 e. The van der Waals surface area contributed by atoms with Crippen LogP contribution in [0.25, 0.3) is 0 Å². The quantitative estimate of drug-likeness (QED) is 0.0146. The molecule has 4 N–H and O–H groups in total. The lowest BCUT2D eigenvalue weighted by molar-refractivity contribution is -0.161. The first-order valence-corrected chi connectivity index (χ1v) is 45.5. The third kappa shape index (κ3) is 82.5. The Kier molecular flexibility index (Phi) is 77.9. The van der Waals surface area contributed by atoms with Crippen LogP contribution in [0.2, 0.25) is 0 Å². The van der Waals surface area contributed by atoms with Crippen LogP contribution in [-0.4, -0.2) is 95.9 Å². The molecule has 0 amide bonds. The first kappa shape index (κ1) is 103. The van der Waals surface area contributed by atoms with E-state index >= 15 is 0 Å². The molecule has 0 radical (unpaired) electrons. The number of carbonyl (C=O) groups is 3. The minimum absolute atomic E-state index is 0.104. The van der Waals surface area contributed by atoms with Crippen molar-refractivity contribution in [3.63, 3.8) is 0 Å². The molecule has 0 bridgehead atoms. The number of carbonyl (C=O) groups excluding carboxylic acids is 3. The molecule has 16 nitrogen and oxygen atoms in total. The van der Waals surface area contributed by atoms with E-state index in [0.717, 1.165) is 148 Å². The molecule has 0 rings (SSSR count). The lowest BCUT2D eigenvalue weighted by Crippen LogP contribution is -2.30. The van der Waals surface area contributed by atoms with Crippen LogP contribution in [0.15, 0.2) is 134 Å². The highest BCUT2D eigenvalue weighted by Gasteiger charge is 2.29. The van der Waals surface area contributed by atoms with Gasteiger partial charge in [-0.1, -0.05) is 353 Å². The van der Waals surface area contributed by atoms with E-state index in [2.05, 4.69) is 154 Å². The number of aliphatic hydroxyl groups is 2. The largest absolute Gasteiger partial charge is 0.472 e. The van der Waals surface area contributed by atoms with Crippen LogP contribution in [0.3, 0.4) is 0 Å². The van der Waals surface area contributed by atoms with Gasteiger partial charge in [0.25, 0.3) is 0 Å². The van der Waals surface area contributed by atoms with Crippen LogP contribution >= 0.6 is 15.6 Å². The summed E-state index contributed by atoms with van der Waals surface area (Å²) in [5.74, 6) is -1.57. The summed E-state index contributed by atoms with van der Waals surface area (Å²) in [5.41, 5.74) is 0. The zero-order chi connectivity index (χ0) is 78.0. The number of hydrogen-bond acceptors (Lipinski definition) is 14. The number of phosphoric acid groups is 2. The predicted molar refractivity (Wildman–Crippen MR) is 445 cm³/mol. The molecular formula is C89H154O16P2. The molecule has 0 aliphatic heterocycles. The molecule has 0 spiro atoms. The molecule has 616 valence electrons. The number of hydrogen-bond donors (Lipinski definition) is 4. The first-order chi connectivity index (χ1) is 52.2. The fourth-order valence-corrected chi connectivity index (χ4v) is 13.1. The number of phosphoric ester groups is 2. The van der Waals surface area contributed by atoms with E-state index in [0.29, 0.717) is 19.3 Å². The van der Waals surface area contributed by atoms with Gasteiger partial charge in [-0.3, -0.25) is 32.5 Å². The molecule has 5 unspecified atom stereocenters. The average Bonchev–Trinajstić information content (AvgIpc) is 0.902. The SMILES string of the molecule is CC/C=C\C/C=C\C/C=C\C/C=C\C/C=C\C/C=C\CCCCCCCCCCC(=O)OCC(COP(=O)(O)OCC(O)COP(=O)(O)OCC(O)COC(=O)CCCCCCCCCCCCCCCCC/C=C\C/C=C\C/C=C\C/C=C\C/C=C\CC)OC(=O)CCCCCCCCCCCCCCC. The molecule has 18 heteroatoms. The Morgan fingerprint density at radius 2 is 0.495 bits per heavy atom. The second-order valence-electron chi connectivity index (χ2n) is 28.2. The molecule has 0 aliphatic carbocycles. The van der Waals surface area contributed by atoms with Crippen LogP contribution in [0.1, 0.15) is 355 Å². The predicted octanol–water partition coefficient (Wildman–Crippen LogP) is 25.4. The van der Waals surface area contributed by atoms with Crippen molar-refractivity contribution in [3.05, 3.63) is 134 Å². The van der Waals surface area contributed by atoms with Gasteiger partial charge in [-0.2, -0.15) is 0 Å². The van der Waals surface area contributed by atoms with E-state index in [1.54, 1.807) is 0 Å². The molecule has 107 heavy (non-hydrogen) atoms. The Labute approximate surface area is 652 Å². The van der Waals surface area contributed by atoms with Crippen molar-refractivity contribution >= 4 is 33.6 Å². The van der Waals surface area contributed by atoms with Crippen molar-refractivity contribution in [1.82, 2.24) is 0 Å². The van der Waals surface area contributed by atoms with Crippen LogP contribution in [0, 0.1) is 0 Å². The van der Waals surface area contributed by atoms with Gasteiger partial charge in [-0.25, -0.2) is 9.13 Å². The van der Waals surface area contributed by atoms with Crippen LogP contribution in [0.5, 0.6) is 0 Å². The van der Waals surface area contributed by atoms with Crippen LogP contribution < -0.4 is 0 Å². The van der Waals surface area contributed by atoms with Crippen molar-refractivity contribution in [1.29, 1.82) is 0 Å². The topological polar surface area (TPSA) is 231 Å². The highest BCUT2D eigenvalue weighted by molar-refractivity contribution is 7.47. The number of aliphatic hydroxyl groups excluding tert-OH is 2. The summed E-state index contributed by atoms with van der Waals surface area (Å²) in [7, 11) is -9.79. The molecule has 0 saturated carbocycles. The zero-order valence-corrected chi connectivity index (χ0v) is 69.3. The fraction of sp³-hybridized carbons (Fsp3) is 0.719. The summed E-state index contributed by atoms with van der Waals surface area (Å²) < 4.78 is 61.2. The van der Waals surface area contributed by atoms with Gasteiger partial charge in [0.15, 0.2) is 6.10 Å². The van der Waals surface area contributed by atoms with E-state index < -0.39 is 91.5 Å². The Morgan fingerprint density at radius 1 is 0.271 bits per heavy atom. The monoisotopic (exact) mass is 1540 g/mol. The van der Waals surface area contributed by atoms with Crippen molar-refractivity contribution in [2.24, 2.45) is 0 Å². The third-order valence-electron chi connectivity index (χ3n) is 17.9. The van der Waals surface area contributed by atoms with Gasteiger partial charge in [0.1, 0.15) is 25.4 Å². The number of ether oxygens (including phenoxy) is 3. The molecule has 0 saturated heterocycles. The number of esters is 3. The highest BCUT2D eigenvalue weighted by Crippen LogP contribution is 2.45. The van der Waals surface area contributed by atoms with Gasteiger partial charge in [0.2, 0.25) is 0 Å². The first-order valence-electron chi connectivity index (χ1n) is 42.5. The third-order valence-corrected chi connectivity index (χ3v) is 19.8. The molecule has 0 aromatic carbocycles. The molecular weight excluding hydrogens is 1390 g/mol. The van der Waals surface area contributed by atoms with Gasteiger partial charge >= 0.3 is 33.6 Å². The van der Waals surface area contributed by atoms with Gasteiger partial charge in [-0.15, -0.1) is 0 Å². The molecule has 5 atom stereocenters. The number of allylic oxidation sites excluding steroid dienone is 22. The summed E-state index contributed by atoms with van der Waals surface area (Å²) in [5, 5.41) is 20.7. The van der Waals surface area contributed by atoms with E-state index in [4.69, 9.17) is 32.3 Å². The second-order valence-corrected chi connectivity index (χ2v) is 31.1. The van der Waals surface area contributed by atoms with E-state index in [-0.39, 0.29) is 19.3 Å². The highest BCUT2D eigenvalue weighted by atomic mass is 31.2. The molecule has 0 aromatic heterocycles. The summed E-state index contributed by atoms with van der Waals surface area (Å²) in [4.78, 5) is 58.7. The fourth-order valence-electron chi connectivity index (χ4n) is 11.5. The maximum absolute atomic E-state index is 13.0. The summed E-state index contributed by atoms with van der Waals surface area (Å²) >= 11 is 0. The van der Waals surface area contributed by atoms with E-state index in [1.165, 1.54) is 148 Å². The zero-order valence-electron chi connectivity index (χ0n) is 67.5.